The van der Waals surface area contributed by atoms with E-state index in [-0.39, 0.29) is 4.90 Å². The Hall–Kier alpha value is -1.65. The summed E-state index contributed by atoms with van der Waals surface area (Å²) in [5.74, 6) is 0. The van der Waals surface area contributed by atoms with Gasteiger partial charge in [0.1, 0.15) is 0 Å². The fraction of sp³-hybridized carbons (Fsp3) is 0.200. The fourth-order valence-electron chi connectivity index (χ4n) is 2.04. The van der Waals surface area contributed by atoms with Gasteiger partial charge in [0.05, 0.1) is 4.90 Å². The molecule has 0 aliphatic heterocycles. The molecule has 3 nitrogen and oxygen atoms in total. The molecule has 0 fully saturated rings. The molecule has 0 unspecified atom stereocenters. The van der Waals surface area contributed by atoms with E-state index in [1.807, 2.05) is 18.2 Å². The molecule has 0 heterocycles. The van der Waals surface area contributed by atoms with Crippen molar-refractivity contribution in [2.75, 3.05) is 0 Å². The van der Waals surface area contributed by atoms with E-state index in [1.54, 1.807) is 18.2 Å². The fourth-order valence-corrected chi connectivity index (χ4v) is 2.81. The summed E-state index contributed by atoms with van der Waals surface area (Å²) in [7, 11) is -3.67. The number of hydrogen-bond acceptors (Lipinski definition) is 2. The van der Waals surface area contributed by atoms with Crippen LogP contribution in [-0.2, 0) is 22.9 Å². The Morgan fingerprint density at radius 2 is 1.53 bits per heavy atom. The lowest BCUT2D eigenvalue weighted by molar-refractivity contribution is 0.597. The Balaban J connectivity index is 2.33. The summed E-state index contributed by atoms with van der Waals surface area (Å²) in [6.45, 7) is 2.10. The summed E-state index contributed by atoms with van der Waals surface area (Å²) in [4.78, 5) is 0.203. The van der Waals surface area contributed by atoms with Crippen LogP contribution in [0.15, 0.2) is 53.4 Å². The molecule has 2 rings (SSSR count). The molecule has 0 aliphatic carbocycles. The van der Waals surface area contributed by atoms with Crippen LogP contribution < -0.4 is 5.14 Å². The number of rotatable bonds is 4. The van der Waals surface area contributed by atoms with Gasteiger partial charge in [0, 0.05) is 0 Å². The number of primary sulfonamides is 1. The summed E-state index contributed by atoms with van der Waals surface area (Å²) >= 11 is 0. The van der Waals surface area contributed by atoms with Crippen LogP contribution >= 0.6 is 0 Å². The zero-order chi connectivity index (χ0) is 13.9. The molecule has 0 radical (unpaired) electrons. The quantitative estimate of drug-likeness (QED) is 0.932. The number of sulfonamides is 1. The monoisotopic (exact) mass is 275 g/mol. The third-order valence-corrected chi connectivity index (χ3v) is 4.12. The molecule has 4 heteroatoms. The predicted molar refractivity (Wildman–Crippen MR) is 76.4 cm³/mol. The molecule has 19 heavy (non-hydrogen) atoms. The van der Waals surface area contributed by atoms with E-state index in [9.17, 15) is 8.42 Å². The van der Waals surface area contributed by atoms with Gasteiger partial charge in [0.2, 0.25) is 10.0 Å². The molecule has 0 saturated heterocycles. The van der Waals surface area contributed by atoms with Gasteiger partial charge in [-0.3, -0.25) is 0 Å². The van der Waals surface area contributed by atoms with Crippen molar-refractivity contribution in [1.82, 2.24) is 0 Å². The minimum absolute atomic E-state index is 0.203. The van der Waals surface area contributed by atoms with Crippen LogP contribution in [-0.4, -0.2) is 8.42 Å². The van der Waals surface area contributed by atoms with Crippen LogP contribution in [0.5, 0.6) is 0 Å². The van der Waals surface area contributed by atoms with Gasteiger partial charge in [-0.25, -0.2) is 13.6 Å². The van der Waals surface area contributed by atoms with Crippen molar-refractivity contribution in [3.05, 3.63) is 65.2 Å². The zero-order valence-corrected chi connectivity index (χ0v) is 11.7. The molecule has 0 saturated carbocycles. The van der Waals surface area contributed by atoms with Crippen molar-refractivity contribution in [2.45, 2.75) is 24.7 Å². The van der Waals surface area contributed by atoms with Gasteiger partial charge in [-0.1, -0.05) is 49.4 Å². The highest BCUT2D eigenvalue weighted by atomic mass is 32.2. The van der Waals surface area contributed by atoms with Crippen molar-refractivity contribution < 1.29 is 8.42 Å². The predicted octanol–water partition coefficient (Wildman–Crippen LogP) is 2.49. The third kappa shape index (κ3) is 3.43. The van der Waals surface area contributed by atoms with Crippen molar-refractivity contribution in [3.8, 4) is 0 Å². The minimum Gasteiger partial charge on any atom is -0.225 e. The lowest BCUT2D eigenvalue weighted by atomic mass is 10.0. The lowest BCUT2D eigenvalue weighted by Gasteiger charge is -2.08. The Bertz CT molecular complexity index is 661. The van der Waals surface area contributed by atoms with Crippen LogP contribution in [0.3, 0.4) is 0 Å². The first-order valence-corrected chi connectivity index (χ1v) is 7.74. The summed E-state index contributed by atoms with van der Waals surface area (Å²) in [6, 6.07) is 15.0. The highest BCUT2D eigenvalue weighted by Crippen LogP contribution is 2.18. The maximum Gasteiger partial charge on any atom is 0.238 e. The molecule has 0 bridgehead atoms. The van der Waals surface area contributed by atoms with Crippen LogP contribution in [0.4, 0.5) is 0 Å². The number of nitrogens with two attached hydrogens (primary N) is 1. The Morgan fingerprint density at radius 1 is 0.947 bits per heavy atom. The number of aryl methyl sites for hydroxylation is 1. The summed E-state index contributed by atoms with van der Waals surface area (Å²) < 4.78 is 23.0. The summed E-state index contributed by atoms with van der Waals surface area (Å²) in [5.41, 5.74) is 3.08. The molecule has 0 spiro atoms. The first-order chi connectivity index (χ1) is 9.00. The van der Waals surface area contributed by atoms with Crippen LogP contribution in [0.25, 0.3) is 0 Å². The van der Waals surface area contributed by atoms with Crippen molar-refractivity contribution in [2.24, 2.45) is 5.14 Å². The molecule has 2 aromatic carbocycles. The molecule has 0 aliphatic rings. The second kappa shape index (κ2) is 5.55. The highest BCUT2D eigenvalue weighted by molar-refractivity contribution is 7.89. The molecule has 100 valence electrons. The van der Waals surface area contributed by atoms with Gasteiger partial charge in [-0.2, -0.15) is 0 Å². The highest BCUT2D eigenvalue weighted by Gasteiger charge is 2.13. The van der Waals surface area contributed by atoms with E-state index in [2.05, 4.69) is 19.1 Å². The summed E-state index contributed by atoms with van der Waals surface area (Å²) in [5, 5.41) is 5.23. The van der Waals surface area contributed by atoms with Gasteiger partial charge in [0.25, 0.3) is 0 Å². The first kappa shape index (κ1) is 13.8. The average molecular weight is 275 g/mol. The van der Waals surface area contributed by atoms with Gasteiger partial charge >= 0.3 is 0 Å². The number of hydrogen-bond donors (Lipinski definition) is 1. The van der Waals surface area contributed by atoms with E-state index in [0.29, 0.717) is 6.42 Å². The minimum atomic E-state index is -3.67. The van der Waals surface area contributed by atoms with Gasteiger partial charge in [-0.15, -0.1) is 0 Å². The van der Waals surface area contributed by atoms with Crippen molar-refractivity contribution in [1.29, 1.82) is 0 Å². The normalized spacial score (nSPS) is 11.5. The van der Waals surface area contributed by atoms with Crippen LogP contribution in [0, 0.1) is 0 Å². The summed E-state index contributed by atoms with van der Waals surface area (Å²) in [6.07, 6.45) is 1.56. The third-order valence-electron chi connectivity index (χ3n) is 3.10. The number of benzene rings is 2. The van der Waals surface area contributed by atoms with Crippen LogP contribution in [0.1, 0.15) is 23.6 Å². The molecular formula is C15H17NO2S. The van der Waals surface area contributed by atoms with Crippen molar-refractivity contribution in [3.63, 3.8) is 0 Å². The van der Waals surface area contributed by atoms with Gasteiger partial charge in [0.15, 0.2) is 0 Å². The lowest BCUT2D eigenvalue weighted by Crippen LogP contribution is -2.14. The van der Waals surface area contributed by atoms with E-state index in [0.717, 1.165) is 17.5 Å². The SMILES string of the molecule is CCc1ccc(Cc2ccccc2S(N)(=O)=O)cc1. The Kier molecular flexibility index (Phi) is 4.02. The maximum atomic E-state index is 11.5. The van der Waals surface area contributed by atoms with E-state index >= 15 is 0 Å². The molecule has 0 aromatic heterocycles. The molecule has 0 amide bonds. The Morgan fingerprint density at radius 3 is 2.11 bits per heavy atom. The van der Waals surface area contributed by atoms with Crippen molar-refractivity contribution >= 4 is 10.0 Å². The second-order valence-corrected chi connectivity index (χ2v) is 6.03. The van der Waals surface area contributed by atoms with E-state index in [1.165, 1.54) is 5.56 Å². The topological polar surface area (TPSA) is 60.2 Å². The van der Waals surface area contributed by atoms with Gasteiger partial charge < -0.3 is 0 Å². The first-order valence-electron chi connectivity index (χ1n) is 6.19. The zero-order valence-electron chi connectivity index (χ0n) is 10.8. The van der Waals surface area contributed by atoms with Gasteiger partial charge in [-0.05, 0) is 35.6 Å². The van der Waals surface area contributed by atoms with Crippen LogP contribution in [0.2, 0.25) is 0 Å². The maximum absolute atomic E-state index is 11.5. The molecule has 2 N–H and O–H groups in total. The Labute approximate surface area is 114 Å². The van der Waals surface area contributed by atoms with E-state index in [4.69, 9.17) is 5.14 Å². The second-order valence-electron chi connectivity index (χ2n) is 4.50. The molecule has 2 aromatic rings. The standard InChI is InChI=1S/C15H17NO2S/c1-2-12-7-9-13(10-8-12)11-14-5-3-4-6-15(14)19(16,17)18/h3-10H,2,11H2,1H3,(H2,16,17,18). The van der Waals surface area contributed by atoms with E-state index < -0.39 is 10.0 Å². The molecule has 0 atom stereocenters. The smallest absolute Gasteiger partial charge is 0.225 e. The molecular weight excluding hydrogens is 258 g/mol. The largest absolute Gasteiger partial charge is 0.238 e. The average Bonchev–Trinajstić information content (AvgIpc) is 2.39.